The Morgan fingerprint density at radius 1 is 1.06 bits per heavy atom. The lowest BCUT2D eigenvalue weighted by Gasteiger charge is -1.94. The second kappa shape index (κ2) is 5.03. The first-order valence-corrected chi connectivity index (χ1v) is 5.18. The molecule has 0 radical (unpaired) electrons. The Labute approximate surface area is 98.8 Å². The molecule has 84 valence electrons. The molecule has 0 saturated heterocycles. The van der Waals surface area contributed by atoms with E-state index in [-0.39, 0.29) is 0 Å². The third-order valence-corrected chi connectivity index (χ3v) is 2.38. The van der Waals surface area contributed by atoms with Crippen molar-refractivity contribution >= 4 is 23.3 Å². The molecule has 0 atom stereocenters. The number of nitrogen functional groups attached to an aromatic ring is 1. The summed E-state index contributed by atoms with van der Waals surface area (Å²) >= 11 is 0. The summed E-state index contributed by atoms with van der Waals surface area (Å²) in [6, 6.07) is 14.5. The van der Waals surface area contributed by atoms with Crippen LogP contribution in [0.15, 0.2) is 53.7 Å². The molecule has 0 unspecified atom stereocenters. The maximum absolute atomic E-state index is 10.6. The van der Waals surface area contributed by atoms with Gasteiger partial charge >= 0.3 is 0 Å². The summed E-state index contributed by atoms with van der Waals surface area (Å²) in [6.07, 6.45) is 1.71. The van der Waals surface area contributed by atoms with Crippen LogP contribution in [0.5, 0.6) is 0 Å². The van der Waals surface area contributed by atoms with Crippen LogP contribution in [0.4, 0.5) is 17.1 Å². The highest BCUT2D eigenvalue weighted by Crippen LogP contribution is 2.15. The van der Waals surface area contributed by atoms with Crippen molar-refractivity contribution in [2.75, 3.05) is 5.73 Å². The Hall–Kier alpha value is -2.49. The van der Waals surface area contributed by atoms with Crippen LogP contribution in [0.2, 0.25) is 0 Å². The molecule has 0 fully saturated rings. The number of benzene rings is 2. The normalized spacial score (nSPS) is 10.6. The highest BCUT2D eigenvalue weighted by molar-refractivity contribution is 5.83. The summed E-state index contributed by atoms with van der Waals surface area (Å²) in [6.45, 7) is 0. The Morgan fingerprint density at radius 3 is 2.53 bits per heavy atom. The van der Waals surface area contributed by atoms with E-state index in [2.05, 4.69) is 10.2 Å². The van der Waals surface area contributed by atoms with Gasteiger partial charge in [-0.15, -0.1) is 4.91 Å². The van der Waals surface area contributed by atoms with Crippen molar-refractivity contribution in [1.82, 2.24) is 0 Å². The van der Waals surface area contributed by atoms with Crippen molar-refractivity contribution in [3.8, 4) is 0 Å². The zero-order valence-corrected chi connectivity index (χ0v) is 9.13. The molecule has 2 aromatic rings. The molecule has 0 saturated carbocycles. The fraction of sp³-hybridized carbons (Fsp3) is 0. The SMILES string of the molecule is Nc1ccccc1[NH+]=Cc1ccccc1N=O. The zero-order valence-electron chi connectivity index (χ0n) is 9.13. The van der Waals surface area contributed by atoms with E-state index in [1.165, 1.54) is 0 Å². The lowest BCUT2D eigenvalue weighted by molar-refractivity contribution is -0.345. The average molecular weight is 226 g/mol. The van der Waals surface area contributed by atoms with E-state index in [9.17, 15) is 4.91 Å². The fourth-order valence-electron chi connectivity index (χ4n) is 1.48. The quantitative estimate of drug-likeness (QED) is 0.473. The van der Waals surface area contributed by atoms with E-state index < -0.39 is 0 Å². The maximum atomic E-state index is 10.6. The first-order chi connectivity index (χ1) is 8.31. The monoisotopic (exact) mass is 226 g/mol. The van der Waals surface area contributed by atoms with Crippen LogP contribution in [0.1, 0.15) is 5.56 Å². The highest BCUT2D eigenvalue weighted by Gasteiger charge is 2.03. The van der Waals surface area contributed by atoms with Gasteiger partial charge in [0, 0.05) is 6.07 Å². The lowest BCUT2D eigenvalue weighted by atomic mass is 10.2. The standard InChI is InChI=1S/C13H11N3O/c14-11-6-2-4-8-13(11)15-9-10-5-1-3-7-12(10)16-17/h1-9H,14H2/p+1. The molecule has 0 aliphatic carbocycles. The van der Waals surface area contributed by atoms with Gasteiger partial charge in [0.15, 0.2) is 6.21 Å². The fourth-order valence-corrected chi connectivity index (χ4v) is 1.48. The van der Waals surface area contributed by atoms with Gasteiger partial charge in [-0.1, -0.05) is 24.3 Å². The first-order valence-electron chi connectivity index (χ1n) is 5.18. The summed E-state index contributed by atoms with van der Waals surface area (Å²) in [5, 5.41) is 2.95. The molecule has 2 aromatic carbocycles. The number of hydrogen-bond donors (Lipinski definition) is 2. The molecule has 3 N–H and O–H groups in total. The topological polar surface area (TPSA) is 69.4 Å². The van der Waals surface area contributed by atoms with E-state index >= 15 is 0 Å². The number of nitroso groups, excluding NO2 is 1. The van der Waals surface area contributed by atoms with Crippen LogP contribution >= 0.6 is 0 Å². The summed E-state index contributed by atoms with van der Waals surface area (Å²) in [5.41, 5.74) is 8.37. The predicted molar refractivity (Wildman–Crippen MR) is 68.5 cm³/mol. The molecular formula is C13H12N3O+. The van der Waals surface area contributed by atoms with E-state index in [1.807, 2.05) is 30.3 Å². The highest BCUT2D eigenvalue weighted by atomic mass is 16.3. The number of nitrogens with two attached hydrogens (primary N) is 1. The third kappa shape index (κ3) is 2.55. The minimum Gasteiger partial charge on any atom is -0.393 e. The Bertz CT molecular complexity index is 564. The van der Waals surface area contributed by atoms with E-state index in [0.717, 1.165) is 11.3 Å². The molecule has 0 spiro atoms. The molecule has 0 heterocycles. The van der Waals surface area contributed by atoms with Crippen molar-refractivity contribution in [3.63, 3.8) is 0 Å². The second-order valence-corrected chi connectivity index (χ2v) is 3.53. The number of nitrogens with zero attached hydrogens (tertiary/aromatic N) is 1. The van der Waals surface area contributed by atoms with Gasteiger partial charge in [-0.3, -0.25) is 0 Å². The van der Waals surface area contributed by atoms with Crippen LogP contribution < -0.4 is 10.7 Å². The third-order valence-electron chi connectivity index (χ3n) is 2.38. The van der Waals surface area contributed by atoms with Gasteiger partial charge in [0.1, 0.15) is 11.4 Å². The molecule has 0 aromatic heterocycles. The largest absolute Gasteiger partial charge is 0.393 e. The first kappa shape index (κ1) is 11.0. The number of nitrogens with one attached hydrogen (secondary N) is 1. The summed E-state index contributed by atoms with van der Waals surface area (Å²) in [4.78, 5) is 13.6. The van der Waals surface area contributed by atoms with Crippen LogP contribution in [0, 0.1) is 4.91 Å². The number of para-hydroxylation sites is 2. The molecule has 0 bridgehead atoms. The Balaban J connectivity index is 2.32. The van der Waals surface area contributed by atoms with Gasteiger partial charge in [-0.2, -0.15) is 0 Å². The van der Waals surface area contributed by atoms with Gasteiger partial charge in [0.25, 0.3) is 0 Å². The molecule has 17 heavy (non-hydrogen) atoms. The minimum absolute atomic E-state index is 0.398. The van der Waals surface area contributed by atoms with Crippen molar-refractivity contribution < 1.29 is 4.99 Å². The van der Waals surface area contributed by atoms with Gasteiger partial charge in [-0.25, -0.2) is 4.99 Å². The van der Waals surface area contributed by atoms with Crippen molar-refractivity contribution in [2.45, 2.75) is 0 Å². The van der Waals surface area contributed by atoms with Crippen LogP contribution in [-0.4, -0.2) is 6.21 Å². The molecule has 0 aliphatic heterocycles. The van der Waals surface area contributed by atoms with Gasteiger partial charge in [-0.05, 0) is 23.4 Å². The van der Waals surface area contributed by atoms with Gasteiger partial charge in [0.2, 0.25) is 5.69 Å². The number of rotatable bonds is 3. The van der Waals surface area contributed by atoms with Crippen LogP contribution in [0.3, 0.4) is 0 Å². The summed E-state index contributed by atoms with van der Waals surface area (Å²) in [7, 11) is 0. The van der Waals surface area contributed by atoms with Gasteiger partial charge < -0.3 is 5.73 Å². The summed E-state index contributed by atoms with van der Waals surface area (Å²) < 4.78 is 0. The molecule has 2 rings (SSSR count). The van der Waals surface area contributed by atoms with E-state index in [4.69, 9.17) is 5.73 Å². The smallest absolute Gasteiger partial charge is 0.226 e. The molecule has 4 heteroatoms. The Kier molecular flexibility index (Phi) is 3.25. The predicted octanol–water partition coefficient (Wildman–Crippen LogP) is 1.50. The maximum Gasteiger partial charge on any atom is 0.226 e. The van der Waals surface area contributed by atoms with E-state index in [1.54, 1.807) is 24.4 Å². The number of hydrogen-bond acceptors (Lipinski definition) is 3. The zero-order chi connectivity index (χ0) is 12.1. The van der Waals surface area contributed by atoms with Gasteiger partial charge in [0.05, 0.1) is 5.56 Å². The van der Waals surface area contributed by atoms with Crippen molar-refractivity contribution in [1.29, 1.82) is 0 Å². The number of anilines is 1. The molecule has 0 amide bonds. The summed E-state index contributed by atoms with van der Waals surface area (Å²) in [5.74, 6) is 0. The lowest BCUT2D eigenvalue weighted by Crippen LogP contribution is -2.61. The second-order valence-electron chi connectivity index (χ2n) is 3.53. The van der Waals surface area contributed by atoms with Crippen LogP contribution in [0.25, 0.3) is 0 Å². The van der Waals surface area contributed by atoms with Crippen LogP contribution in [-0.2, 0) is 0 Å². The van der Waals surface area contributed by atoms with E-state index in [0.29, 0.717) is 11.4 Å². The molecule has 0 aliphatic rings. The molecular weight excluding hydrogens is 214 g/mol. The Morgan fingerprint density at radius 2 is 1.76 bits per heavy atom. The van der Waals surface area contributed by atoms with Crippen molar-refractivity contribution in [2.24, 2.45) is 5.18 Å². The van der Waals surface area contributed by atoms with Crippen molar-refractivity contribution in [3.05, 3.63) is 59.0 Å². The minimum atomic E-state index is 0.398. The average Bonchev–Trinajstić information content (AvgIpc) is 2.38. The molecule has 4 nitrogen and oxygen atoms in total.